The van der Waals surface area contributed by atoms with Crippen LogP contribution in [0.3, 0.4) is 0 Å². The van der Waals surface area contributed by atoms with Crippen LogP contribution in [0.4, 0.5) is 0 Å². The predicted molar refractivity (Wildman–Crippen MR) is 75.6 cm³/mol. The maximum Gasteiger partial charge on any atom is 0.101 e. The third kappa shape index (κ3) is 2.26. The number of nitrogens with one attached hydrogen (secondary N) is 1. The van der Waals surface area contributed by atoms with Gasteiger partial charge in [0.1, 0.15) is 6.07 Å². The van der Waals surface area contributed by atoms with Crippen LogP contribution < -0.4 is 0 Å². The highest BCUT2D eigenvalue weighted by atomic mass is 14.7. The Morgan fingerprint density at radius 3 is 2.50 bits per heavy atom. The van der Waals surface area contributed by atoms with Crippen molar-refractivity contribution in [2.24, 2.45) is 5.92 Å². The van der Waals surface area contributed by atoms with Crippen LogP contribution in [-0.4, -0.2) is 4.98 Å². The van der Waals surface area contributed by atoms with Gasteiger partial charge >= 0.3 is 0 Å². The Morgan fingerprint density at radius 2 is 1.94 bits per heavy atom. The van der Waals surface area contributed by atoms with Crippen molar-refractivity contribution >= 4 is 10.9 Å². The average Bonchev–Trinajstić information content (AvgIpc) is 2.70. The number of hydrogen-bond acceptors (Lipinski definition) is 1. The molecule has 0 radical (unpaired) electrons. The first-order valence-electron chi connectivity index (χ1n) is 6.57. The van der Waals surface area contributed by atoms with Crippen LogP contribution in [-0.2, 0) is 6.42 Å². The van der Waals surface area contributed by atoms with Gasteiger partial charge in [0.25, 0.3) is 0 Å². The molecule has 2 rings (SSSR count). The van der Waals surface area contributed by atoms with E-state index in [-0.39, 0.29) is 0 Å². The lowest BCUT2D eigenvalue weighted by Crippen LogP contribution is -1.94. The lowest BCUT2D eigenvalue weighted by Gasteiger charge is -2.08. The van der Waals surface area contributed by atoms with Crippen LogP contribution in [0, 0.1) is 17.2 Å². The van der Waals surface area contributed by atoms with Crippen molar-refractivity contribution in [2.75, 3.05) is 0 Å². The van der Waals surface area contributed by atoms with E-state index in [2.05, 4.69) is 51.0 Å². The van der Waals surface area contributed by atoms with E-state index in [0.717, 1.165) is 17.5 Å². The standard InChI is InChI=1S/C16H20N2/c1-10(2)5-14-9-18-16-13(8-17)6-12(11(3)4)7-15(14)16/h6-7,9-11,18H,5H2,1-4H3. The van der Waals surface area contributed by atoms with Crippen molar-refractivity contribution in [3.63, 3.8) is 0 Å². The van der Waals surface area contributed by atoms with Crippen molar-refractivity contribution in [1.82, 2.24) is 4.98 Å². The molecule has 94 valence electrons. The van der Waals surface area contributed by atoms with Gasteiger partial charge < -0.3 is 4.98 Å². The topological polar surface area (TPSA) is 39.6 Å². The Morgan fingerprint density at radius 1 is 1.22 bits per heavy atom. The second-order valence-electron chi connectivity index (χ2n) is 5.67. The predicted octanol–water partition coefficient (Wildman–Crippen LogP) is 4.36. The summed E-state index contributed by atoms with van der Waals surface area (Å²) < 4.78 is 0. The van der Waals surface area contributed by atoms with Gasteiger partial charge in [0, 0.05) is 11.6 Å². The molecule has 0 spiro atoms. The van der Waals surface area contributed by atoms with Crippen molar-refractivity contribution < 1.29 is 0 Å². The van der Waals surface area contributed by atoms with Gasteiger partial charge in [-0.2, -0.15) is 5.26 Å². The van der Waals surface area contributed by atoms with Crippen molar-refractivity contribution in [3.8, 4) is 6.07 Å². The number of H-pyrrole nitrogens is 1. The summed E-state index contributed by atoms with van der Waals surface area (Å²) in [6, 6.07) is 6.53. The number of aromatic nitrogens is 1. The van der Waals surface area contributed by atoms with E-state index in [1.807, 2.05) is 6.07 Å². The molecule has 0 unspecified atom stereocenters. The average molecular weight is 240 g/mol. The highest BCUT2D eigenvalue weighted by molar-refractivity contribution is 5.88. The van der Waals surface area contributed by atoms with Gasteiger partial charge in [-0.3, -0.25) is 0 Å². The van der Waals surface area contributed by atoms with E-state index in [1.54, 1.807) is 0 Å². The van der Waals surface area contributed by atoms with Crippen molar-refractivity contribution in [3.05, 3.63) is 35.0 Å². The zero-order valence-electron chi connectivity index (χ0n) is 11.5. The Bertz CT molecular complexity index is 597. The highest BCUT2D eigenvalue weighted by Gasteiger charge is 2.12. The molecule has 0 aliphatic carbocycles. The molecule has 0 bridgehead atoms. The molecule has 2 heteroatoms. The minimum absolute atomic E-state index is 0.447. The van der Waals surface area contributed by atoms with E-state index in [4.69, 9.17) is 0 Å². The molecule has 1 N–H and O–H groups in total. The minimum atomic E-state index is 0.447. The number of nitrogens with zero attached hydrogens (tertiary/aromatic N) is 1. The zero-order chi connectivity index (χ0) is 13.3. The zero-order valence-corrected chi connectivity index (χ0v) is 11.5. The summed E-state index contributed by atoms with van der Waals surface area (Å²) in [6.07, 6.45) is 3.10. The lowest BCUT2D eigenvalue weighted by molar-refractivity contribution is 0.650. The highest BCUT2D eigenvalue weighted by Crippen LogP contribution is 2.28. The Hall–Kier alpha value is -1.75. The van der Waals surface area contributed by atoms with E-state index >= 15 is 0 Å². The van der Waals surface area contributed by atoms with Gasteiger partial charge in [-0.1, -0.05) is 27.7 Å². The summed E-state index contributed by atoms with van der Waals surface area (Å²) in [4.78, 5) is 3.26. The van der Waals surface area contributed by atoms with Gasteiger partial charge in [-0.25, -0.2) is 0 Å². The van der Waals surface area contributed by atoms with Crippen LogP contribution in [0.1, 0.15) is 50.3 Å². The number of fused-ring (bicyclic) bond motifs is 1. The molecule has 0 aliphatic rings. The van der Waals surface area contributed by atoms with Crippen molar-refractivity contribution in [1.29, 1.82) is 5.26 Å². The first kappa shape index (κ1) is 12.7. The number of rotatable bonds is 3. The molecule has 18 heavy (non-hydrogen) atoms. The monoisotopic (exact) mass is 240 g/mol. The van der Waals surface area contributed by atoms with Gasteiger partial charge in [0.15, 0.2) is 0 Å². The van der Waals surface area contributed by atoms with Gasteiger partial charge in [0.2, 0.25) is 0 Å². The summed E-state index contributed by atoms with van der Waals surface area (Å²) in [5, 5.41) is 10.5. The SMILES string of the molecule is CC(C)Cc1c[nH]c2c(C#N)cc(C(C)C)cc12. The third-order valence-electron chi connectivity index (χ3n) is 3.31. The smallest absolute Gasteiger partial charge is 0.101 e. The van der Waals surface area contributed by atoms with Crippen molar-refractivity contribution in [2.45, 2.75) is 40.0 Å². The summed E-state index contributed by atoms with van der Waals surface area (Å²) >= 11 is 0. The molecule has 1 aromatic heterocycles. The second kappa shape index (κ2) is 4.86. The van der Waals surface area contributed by atoms with Crippen LogP contribution in [0.15, 0.2) is 18.3 Å². The fraction of sp³-hybridized carbons (Fsp3) is 0.438. The molecule has 0 aliphatic heterocycles. The molecule has 0 atom stereocenters. The van der Waals surface area contributed by atoms with Gasteiger partial charge in [-0.15, -0.1) is 0 Å². The maximum atomic E-state index is 9.26. The summed E-state index contributed by atoms with van der Waals surface area (Å²) in [5.41, 5.74) is 4.30. The lowest BCUT2D eigenvalue weighted by atomic mass is 9.95. The molecule has 0 saturated heterocycles. The first-order chi connectivity index (χ1) is 8.52. The molecule has 2 aromatic rings. The number of aromatic amines is 1. The van der Waals surface area contributed by atoms with E-state index in [1.165, 1.54) is 16.5 Å². The first-order valence-corrected chi connectivity index (χ1v) is 6.57. The molecule has 0 amide bonds. The number of benzene rings is 1. The minimum Gasteiger partial charge on any atom is -0.360 e. The van der Waals surface area contributed by atoms with Crippen LogP contribution >= 0.6 is 0 Å². The Labute approximate surface area is 109 Å². The second-order valence-corrected chi connectivity index (χ2v) is 5.67. The summed E-state index contributed by atoms with van der Waals surface area (Å²) in [7, 11) is 0. The fourth-order valence-electron chi connectivity index (χ4n) is 2.34. The molecular formula is C16H20N2. The molecule has 2 nitrogen and oxygen atoms in total. The van der Waals surface area contributed by atoms with Crippen LogP contribution in [0.25, 0.3) is 10.9 Å². The largest absolute Gasteiger partial charge is 0.360 e. The normalized spacial score (nSPS) is 11.4. The fourth-order valence-corrected chi connectivity index (χ4v) is 2.34. The maximum absolute atomic E-state index is 9.26. The Balaban J connectivity index is 2.64. The molecular weight excluding hydrogens is 220 g/mol. The van der Waals surface area contributed by atoms with E-state index < -0.39 is 0 Å². The summed E-state index contributed by atoms with van der Waals surface area (Å²) in [6.45, 7) is 8.76. The molecule has 0 fully saturated rings. The molecule has 0 saturated carbocycles. The third-order valence-corrected chi connectivity index (χ3v) is 3.31. The van der Waals surface area contributed by atoms with E-state index in [0.29, 0.717) is 11.8 Å². The van der Waals surface area contributed by atoms with Crippen LogP contribution in [0.5, 0.6) is 0 Å². The van der Waals surface area contributed by atoms with Gasteiger partial charge in [-0.05, 0) is 41.5 Å². The van der Waals surface area contributed by atoms with E-state index in [9.17, 15) is 5.26 Å². The molecule has 1 heterocycles. The number of nitriles is 1. The summed E-state index contributed by atoms with van der Waals surface area (Å²) in [5.74, 6) is 1.07. The Kier molecular flexibility index (Phi) is 3.43. The number of hydrogen-bond donors (Lipinski definition) is 1. The molecule has 1 aromatic carbocycles. The quantitative estimate of drug-likeness (QED) is 0.850. The van der Waals surface area contributed by atoms with Gasteiger partial charge in [0.05, 0.1) is 11.1 Å². The van der Waals surface area contributed by atoms with Crippen LogP contribution in [0.2, 0.25) is 0 Å².